The molecule has 168 valence electrons. The van der Waals surface area contributed by atoms with E-state index < -0.39 is 6.04 Å². The molecular formula is C21H21Cl2N5O3S. The Labute approximate surface area is 199 Å². The van der Waals surface area contributed by atoms with Gasteiger partial charge in [0.05, 0.1) is 35.2 Å². The maximum Gasteiger partial charge on any atom is 0.253 e. The first kappa shape index (κ1) is 23.9. The molecular weight excluding hydrogens is 473 g/mol. The number of aromatic nitrogens is 3. The Morgan fingerprint density at radius 1 is 1.19 bits per heavy atom. The number of nitrogens with zero attached hydrogens (tertiary/aromatic N) is 3. The zero-order valence-electron chi connectivity index (χ0n) is 17.6. The molecule has 0 aliphatic heterocycles. The molecule has 1 heterocycles. The molecule has 2 N–H and O–H groups in total. The predicted octanol–water partition coefficient (Wildman–Crippen LogP) is 4.35. The maximum atomic E-state index is 12.5. The van der Waals surface area contributed by atoms with Gasteiger partial charge in [0.25, 0.3) is 5.91 Å². The zero-order chi connectivity index (χ0) is 23.3. The number of thioether (sulfide) groups is 1. The number of anilines is 1. The van der Waals surface area contributed by atoms with E-state index in [-0.39, 0.29) is 17.6 Å². The second-order valence-electron chi connectivity index (χ2n) is 6.76. The predicted molar refractivity (Wildman–Crippen MR) is 126 cm³/mol. The molecule has 0 saturated heterocycles. The van der Waals surface area contributed by atoms with Crippen LogP contribution < -0.4 is 15.4 Å². The molecule has 11 heteroatoms. The van der Waals surface area contributed by atoms with Crippen LogP contribution in [0.2, 0.25) is 10.0 Å². The first-order chi connectivity index (χ1) is 15.3. The summed E-state index contributed by atoms with van der Waals surface area (Å²) in [6.07, 6.45) is 0. The second kappa shape index (κ2) is 10.7. The van der Waals surface area contributed by atoms with Crippen molar-refractivity contribution in [2.24, 2.45) is 7.05 Å². The number of rotatable bonds is 8. The normalized spacial score (nSPS) is 11.7. The van der Waals surface area contributed by atoms with Crippen LogP contribution in [-0.4, -0.2) is 39.4 Å². The average molecular weight is 494 g/mol. The molecule has 0 spiro atoms. The fourth-order valence-corrected chi connectivity index (χ4v) is 4.02. The Kier molecular flexibility index (Phi) is 8.00. The third-order valence-corrected chi connectivity index (χ3v) is 6.07. The first-order valence-corrected chi connectivity index (χ1v) is 11.2. The Hall–Kier alpha value is -2.75. The SMILES string of the molecule is COc1ccc(Cl)cc1NC(=O)CSc1nnc([C@@H](C)NC(=O)c2ccccc2Cl)n1C. The van der Waals surface area contributed by atoms with Gasteiger partial charge in [0, 0.05) is 12.1 Å². The fourth-order valence-electron chi connectivity index (χ4n) is 2.91. The van der Waals surface area contributed by atoms with Crippen LogP contribution in [0.4, 0.5) is 5.69 Å². The maximum absolute atomic E-state index is 12.5. The van der Waals surface area contributed by atoms with Crippen molar-refractivity contribution < 1.29 is 14.3 Å². The van der Waals surface area contributed by atoms with Gasteiger partial charge in [-0.15, -0.1) is 10.2 Å². The van der Waals surface area contributed by atoms with Crippen molar-refractivity contribution >= 4 is 52.5 Å². The molecule has 0 radical (unpaired) electrons. The van der Waals surface area contributed by atoms with Gasteiger partial charge >= 0.3 is 0 Å². The van der Waals surface area contributed by atoms with Crippen molar-refractivity contribution in [1.29, 1.82) is 0 Å². The molecule has 2 aromatic carbocycles. The van der Waals surface area contributed by atoms with E-state index in [0.29, 0.717) is 38.0 Å². The molecule has 2 amide bonds. The Bertz CT molecular complexity index is 1140. The van der Waals surface area contributed by atoms with Gasteiger partial charge in [0.2, 0.25) is 5.91 Å². The number of halogens is 2. The number of carbonyl (C=O) groups is 2. The van der Waals surface area contributed by atoms with Gasteiger partial charge in [-0.2, -0.15) is 0 Å². The highest BCUT2D eigenvalue weighted by Crippen LogP contribution is 2.28. The van der Waals surface area contributed by atoms with Gasteiger partial charge in [0.15, 0.2) is 11.0 Å². The molecule has 0 bridgehead atoms. The Balaban J connectivity index is 1.61. The summed E-state index contributed by atoms with van der Waals surface area (Å²) in [5, 5.41) is 15.3. The summed E-state index contributed by atoms with van der Waals surface area (Å²) in [6.45, 7) is 1.80. The molecule has 1 aromatic heterocycles. The van der Waals surface area contributed by atoms with Crippen molar-refractivity contribution in [2.45, 2.75) is 18.1 Å². The summed E-state index contributed by atoms with van der Waals surface area (Å²) in [5.41, 5.74) is 0.867. The third kappa shape index (κ3) is 5.73. The molecule has 8 nitrogen and oxygen atoms in total. The summed E-state index contributed by atoms with van der Waals surface area (Å²) in [4.78, 5) is 24.9. The smallest absolute Gasteiger partial charge is 0.253 e. The van der Waals surface area contributed by atoms with Crippen molar-refractivity contribution in [1.82, 2.24) is 20.1 Å². The molecule has 0 saturated carbocycles. The van der Waals surface area contributed by atoms with Gasteiger partial charge < -0.3 is 19.9 Å². The number of nitrogens with one attached hydrogen (secondary N) is 2. The standard InChI is InChI=1S/C21H21Cl2N5O3S/c1-12(24-20(30)14-6-4-5-7-15(14)23)19-26-27-21(28(19)2)32-11-18(29)25-16-10-13(22)8-9-17(16)31-3/h4-10,12H,11H2,1-3H3,(H,24,30)(H,25,29)/t12-/m1/s1. The molecule has 0 aliphatic carbocycles. The monoisotopic (exact) mass is 493 g/mol. The zero-order valence-corrected chi connectivity index (χ0v) is 19.9. The van der Waals surface area contributed by atoms with Crippen LogP contribution in [-0.2, 0) is 11.8 Å². The fraction of sp³-hybridized carbons (Fsp3) is 0.238. The van der Waals surface area contributed by atoms with Crippen LogP contribution in [0.25, 0.3) is 0 Å². The van der Waals surface area contributed by atoms with Crippen molar-refractivity contribution in [3.8, 4) is 5.75 Å². The number of carbonyl (C=O) groups excluding carboxylic acids is 2. The Morgan fingerprint density at radius 3 is 2.66 bits per heavy atom. The lowest BCUT2D eigenvalue weighted by atomic mass is 10.2. The third-order valence-electron chi connectivity index (χ3n) is 4.49. The summed E-state index contributed by atoms with van der Waals surface area (Å²) in [5.74, 6) is 0.596. The minimum atomic E-state index is -0.421. The molecule has 3 aromatic rings. The van der Waals surface area contributed by atoms with Crippen LogP contribution in [0.5, 0.6) is 5.75 Å². The second-order valence-corrected chi connectivity index (χ2v) is 8.54. The van der Waals surface area contributed by atoms with E-state index in [4.69, 9.17) is 27.9 Å². The average Bonchev–Trinajstić information content (AvgIpc) is 3.13. The number of amides is 2. The van der Waals surface area contributed by atoms with Gasteiger partial charge in [-0.3, -0.25) is 9.59 Å². The van der Waals surface area contributed by atoms with Crippen LogP contribution >= 0.6 is 35.0 Å². The topological polar surface area (TPSA) is 98.1 Å². The highest BCUT2D eigenvalue weighted by atomic mass is 35.5. The number of ether oxygens (including phenoxy) is 1. The lowest BCUT2D eigenvalue weighted by Crippen LogP contribution is -2.28. The lowest BCUT2D eigenvalue weighted by Gasteiger charge is -2.14. The molecule has 3 rings (SSSR count). The quantitative estimate of drug-likeness (QED) is 0.452. The largest absolute Gasteiger partial charge is 0.495 e. The van der Waals surface area contributed by atoms with Gasteiger partial charge in [0.1, 0.15) is 5.75 Å². The van der Waals surface area contributed by atoms with E-state index >= 15 is 0 Å². The van der Waals surface area contributed by atoms with Crippen LogP contribution in [0.15, 0.2) is 47.6 Å². The highest BCUT2D eigenvalue weighted by molar-refractivity contribution is 7.99. The van der Waals surface area contributed by atoms with E-state index in [1.54, 1.807) is 61.0 Å². The van der Waals surface area contributed by atoms with E-state index in [1.807, 2.05) is 0 Å². The van der Waals surface area contributed by atoms with E-state index in [0.717, 1.165) is 0 Å². The molecule has 0 unspecified atom stereocenters. The van der Waals surface area contributed by atoms with Gasteiger partial charge in [-0.05, 0) is 37.3 Å². The van der Waals surface area contributed by atoms with Crippen LogP contribution in [0.3, 0.4) is 0 Å². The van der Waals surface area contributed by atoms with E-state index in [9.17, 15) is 9.59 Å². The van der Waals surface area contributed by atoms with Crippen molar-refractivity contribution in [3.63, 3.8) is 0 Å². The highest BCUT2D eigenvalue weighted by Gasteiger charge is 2.20. The summed E-state index contributed by atoms with van der Waals surface area (Å²) < 4.78 is 6.97. The van der Waals surface area contributed by atoms with Gasteiger partial charge in [-0.1, -0.05) is 47.1 Å². The summed E-state index contributed by atoms with van der Waals surface area (Å²) in [6, 6.07) is 11.4. The lowest BCUT2D eigenvalue weighted by molar-refractivity contribution is -0.113. The van der Waals surface area contributed by atoms with Crippen molar-refractivity contribution in [3.05, 3.63) is 63.9 Å². The molecule has 1 atom stereocenters. The first-order valence-electron chi connectivity index (χ1n) is 9.51. The number of hydrogen-bond donors (Lipinski definition) is 2. The van der Waals surface area contributed by atoms with E-state index in [2.05, 4.69) is 20.8 Å². The van der Waals surface area contributed by atoms with Crippen LogP contribution in [0.1, 0.15) is 29.1 Å². The minimum absolute atomic E-state index is 0.0992. The molecule has 32 heavy (non-hydrogen) atoms. The number of methoxy groups -OCH3 is 1. The molecule has 0 aliphatic rings. The Morgan fingerprint density at radius 2 is 1.94 bits per heavy atom. The van der Waals surface area contributed by atoms with Crippen LogP contribution in [0, 0.1) is 0 Å². The number of benzene rings is 2. The summed E-state index contributed by atoms with van der Waals surface area (Å²) in [7, 11) is 3.29. The van der Waals surface area contributed by atoms with Gasteiger partial charge in [-0.25, -0.2) is 0 Å². The van der Waals surface area contributed by atoms with E-state index in [1.165, 1.54) is 18.9 Å². The minimum Gasteiger partial charge on any atom is -0.495 e. The van der Waals surface area contributed by atoms with Crippen molar-refractivity contribution in [2.75, 3.05) is 18.2 Å². The summed E-state index contributed by atoms with van der Waals surface area (Å²) >= 11 is 13.3. The number of hydrogen-bond acceptors (Lipinski definition) is 6. The molecule has 0 fully saturated rings.